The van der Waals surface area contributed by atoms with Gasteiger partial charge in [0.1, 0.15) is 23.4 Å². The molecule has 0 spiro atoms. The Balaban J connectivity index is 1.43. The summed E-state index contributed by atoms with van der Waals surface area (Å²) in [6.45, 7) is 3.75. The Morgan fingerprint density at radius 1 is 1.11 bits per heavy atom. The molecule has 0 unspecified atom stereocenters. The van der Waals surface area contributed by atoms with Crippen LogP contribution in [0.15, 0.2) is 61.4 Å². The van der Waals surface area contributed by atoms with E-state index in [1.165, 1.54) is 0 Å². The molecule has 0 aliphatic rings. The van der Waals surface area contributed by atoms with Gasteiger partial charge in [0.05, 0.1) is 40.0 Å². The minimum absolute atomic E-state index is 0.0667. The molecule has 172 valence electrons. The normalized spacial score (nSPS) is 11.4. The summed E-state index contributed by atoms with van der Waals surface area (Å²) in [6, 6.07) is 9.67. The molecule has 10 nitrogen and oxygen atoms in total. The van der Waals surface area contributed by atoms with E-state index in [2.05, 4.69) is 35.5 Å². The van der Waals surface area contributed by atoms with Crippen LogP contribution in [0, 0.1) is 6.92 Å². The number of anilines is 1. The van der Waals surface area contributed by atoms with Gasteiger partial charge in [-0.3, -0.25) is 19.4 Å². The zero-order valence-electron chi connectivity index (χ0n) is 19.1. The van der Waals surface area contributed by atoms with Crippen LogP contribution >= 0.6 is 0 Å². The lowest BCUT2D eigenvalue weighted by atomic mass is 10.1. The van der Waals surface area contributed by atoms with E-state index in [-0.39, 0.29) is 5.91 Å². The summed E-state index contributed by atoms with van der Waals surface area (Å²) in [6.07, 6.45) is 9.21. The molecule has 0 aromatic carbocycles. The standard InChI is InChI=1S/C25H21N9O/c1-3-22(35)29-16-8-15(10-26-11-16)18-4-5-20-23(31-18)24(33-32-20)21-9-17-19(30-21)6-7-27-25(17)34-12-14(2)28-13-34/h4-13,30H,3H2,1-2H3,(H,29,35)(H,32,33). The SMILES string of the molecule is CCC(=O)Nc1cncc(-c2ccc3[nH]nc(-c4cc5c(-n6cnc(C)c6)nccc5[nH]4)c3n2)c1. The second kappa shape index (κ2) is 8.17. The van der Waals surface area contributed by atoms with Gasteiger partial charge < -0.3 is 10.3 Å². The average Bonchev–Trinajstić information content (AvgIpc) is 3.61. The van der Waals surface area contributed by atoms with E-state index in [0.29, 0.717) is 17.8 Å². The van der Waals surface area contributed by atoms with Crippen LogP contribution in [-0.2, 0) is 4.79 Å². The van der Waals surface area contributed by atoms with Gasteiger partial charge in [-0.2, -0.15) is 5.10 Å². The Bertz CT molecular complexity index is 1710. The molecule has 1 amide bonds. The molecule has 6 aromatic rings. The van der Waals surface area contributed by atoms with E-state index in [0.717, 1.165) is 50.4 Å². The number of fused-ring (bicyclic) bond motifs is 2. The predicted molar refractivity (Wildman–Crippen MR) is 133 cm³/mol. The van der Waals surface area contributed by atoms with Crippen molar-refractivity contribution in [3.8, 4) is 28.5 Å². The fraction of sp³-hybridized carbons (Fsp3) is 0.120. The highest BCUT2D eigenvalue weighted by molar-refractivity contribution is 5.96. The number of carbonyl (C=O) groups excluding carboxylic acids is 1. The van der Waals surface area contributed by atoms with Crippen molar-refractivity contribution in [2.75, 3.05) is 5.32 Å². The molecular weight excluding hydrogens is 442 g/mol. The molecule has 6 aromatic heterocycles. The topological polar surface area (TPSA) is 130 Å². The number of imidazole rings is 1. The van der Waals surface area contributed by atoms with Crippen LogP contribution in [0.5, 0.6) is 0 Å². The molecule has 0 aliphatic heterocycles. The fourth-order valence-corrected chi connectivity index (χ4v) is 4.05. The molecule has 0 radical (unpaired) electrons. The summed E-state index contributed by atoms with van der Waals surface area (Å²) < 4.78 is 1.91. The molecule has 6 rings (SSSR count). The van der Waals surface area contributed by atoms with Gasteiger partial charge in [-0.05, 0) is 37.3 Å². The van der Waals surface area contributed by atoms with Crippen LogP contribution in [0.2, 0.25) is 0 Å². The van der Waals surface area contributed by atoms with Gasteiger partial charge in [0, 0.05) is 36.0 Å². The smallest absolute Gasteiger partial charge is 0.224 e. The molecule has 6 heterocycles. The first-order valence-electron chi connectivity index (χ1n) is 11.2. The van der Waals surface area contributed by atoms with Gasteiger partial charge in [0.2, 0.25) is 5.91 Å². The Morgan fingerprint density at radius 2 is 2.03 bits per heavy atom. The van der Waals surface area contributed by atoms with Crippen molar-refractivity contribution in [2.24, 2.45) is 0 Å². The third-order valence-electron chi connectivity index (χ3n) is 5.79. The molecule has 35 heavy (non-hydrogen) atoms. The summed E-state index contributed by atoms with van der Waals surface area (Å²) in [5.41, 5.74) is 7.08. The Morgan fingerprint density at radius 3 is 2.86 bits per heavy atom. The molecular formula is C25H21N9O. The maximum absolute atomic E-state index is 11.8. The minimum atomic E-state index is -0.0667. The van der Waals surface area contributed by atoms with E-state index in [1.54, 1.807) is 24.9 Å². The van der Waals surface area contributed by atoms with Gasteiger partial charge in [-0.15, -0.1) is 0 Å². The van der Waals surface area contributed by atoms with E-state index in [9.17, 15) is 4.79 Å². The van der Waals surface area contributed by atoms with E-state index < -0.39 is 0 Å². The molecule has 0 fully saturated rings. The van der Waals surface area contributed by atoms with Gasteiger partial charge in [-0.1, -0.05) is 6.92 Å². The number of rotatable bonds is 5. The van der Waals surface area contributed by atoms with Crippen molar-refractivity contribution in [1.29, 1.82) is 0 Å². The zero-order chi connectivity index (χ0) is 23.9. The van der Waals surface area contributed by atoms with Crippen molar-refractivity contribution in [3.63, 3.8) is 0 Å². The van der Waals surface area contributed by atoms with Crippen molar-refractivity contribution < 1.29 is 4.79 Å². The summed E-state index contributed by atoms with van der Waals surface area (Å²) >= 11 is 0. The maximum atomic E-state index is 11.8. The van der Waals surface area contributed by atoms with Crippen molar-refractivity contribution in [2.45, 2.75) is 20.3 Å². The van der Waals surface area contributed by atoms with Gasteiger partial charge in [-0.25, -0.2) is 15.0 Å². The first-order valence-corrected chi connectivity index (χ1v) is 11.2. The summed E-state index contributed by atoms with van der Waals surface area (Å²) in [5, 5.41) is 11.4. The van der Waals surface area contributed by atoms with E-state index in [4.69, 9.17) is 4.98 Å². The molecule has 0 bridgehead atoms. The summed E-state index contributed by atoms with van der Waals surface area (Å²) in [7, 11) is 0. The Labute approximate surface area is 199 Å². The van der Waals surface area contributed by atoms with E-state index in [1.807, 2.05) is 54.9 Å². The minimum Gasteiger partial charge on any atom is -0.353 e. The molecule has 10 heteroatoms. The van der Waals surface area contributed by atoms with Gasteiger partial charge in [0.25, 0.3) is 0 Å². The maximum Gasteiger partial charge on any atom is 0.224 e. The molecule has 0 saturated carbocycles. The first kappa shape index (κ1) is 20.7. The number of aryl methyl sites for hydroxylation is 1. The molecule has 0 atom stereocenters. The van der Waals surface area contributed by atoms with Crippen molar-refractivity contribution in [1.82, 2.24) is 39.7 Å². The Hall–Kier alpha value is -4.86. The third-order valence-corrected chi connectivity index (χ3v) is 5.79. The van der Waals surface area contributed by atoms with Gasteiger partial charge in [0.15, 0.2) is 0 Å². The zero-order valence-corrected chi connectivity index (χ0v) is 19.1. The lowest BCUT2D eigenvalue weighted by Gasteiger charge is -2.06. The quantitative estimate of drug-likeness (QED) is 0.347. The summed E-state index contributed by atoms with van der Waals surface area (Å²) in [5.74, 6) is 0.721. The van der Waals surface area contributed by atoms with Crippen LogP contribution in [-0.4, -0.2) is 45.6 Å². The van der Waals surface area contributed by atoms with Crippen LogP contribution in [0.1, 0.15) is 19.0 Å². The first-order chi connectivity index (χ1) is 17.1. The molecule has 0 saturated heterocycles. The second-order valence-electron chi connectivity index (χ2n) is 8.23. The monoisotopic (exact) mass is 463 g/mol. The number of carbonyl (C=O) groups is 1. The van der Waals surface area contributed by atoms with Crippen LogP contribution < -0.4 is 5.32 Å². The lowest BCUT2D eigenvalue weighted by Crippen LogP contribution is -2.09. The summed E-state index contributed by atoms with van der Waals surface area (Å²) in [4.78, 5) is 33.3. The Kier molecular flexibility index (Phi) is 4.84. The molecule has 0 aliphatic carbocycles. The third kappa shape index (κ3) is 3.70. The van der Waals surface area contributed by atoms with Gasteiger partial charge >= 0.3 is 0 Å². The van der Waals surface area contributed by atoms with Crippen molar-refractivity contribution in [3.05, 3.63) is 67.1 Å². The lowest BCUT2D eigenvalue weighted by molar-refractivity contribution is -0.115. The largest absolute Gasteiger partial charge is 0.353 e. The number of amides is 1. The number of nitrogens with zero attached hydrogens (tertiary/aromatic N) is 6. The highest BCUT2D eigenvalue weighted by Gasteiger charge is 2.16. The van der Waals surface area contributed by atoms with Crippen molar-refractivity contribution >= 4 is 33.5 Å². The number of H-pyrrole nitrogens is 2. The number of aromatic amines is 2. The fourth-order valence-electron chi connectivity index (χ4n) is 4.05. The highest BCUT2D eigenvalue weighted by atomic mass is 16.1. The number of aromatic nitrogens is 8. The van der Waals surface area contributed by atoms with Crippen LogP contribution in [0.3, 0.4) is 0 Å². The average molecular weight is 464 g/mol. The predicted octanol–water partition coefficient (Wildman–Crippen LogP) is 4.41. The van der Waals surface area contributed by atoms with E-state index >= 15 is 0 Å². The number of pyridine rings is 3. The number of nitrogens with one attached hydrogen (secondary N) is 3. The number of hydrogen-bond donors (Lipinski definition) is 3. The second-order valence-corrected chi connectivity index (χ2v) is 8.23. The van der Waals surface area contributed by atoms with Crippen LogP contribution in [0.25, 0.3) is 50.4 Å². The van der Waals surface area contributed by atoms with Crippen LogP contribution in [0.4, 0.5) is 5.69 Å². The highest BCUT2D eigenvalue weighted by Crippen LogP contribution is 2.31. The molecule has 3 N–H and O–H groups in total. The number of hydrogen-bond acceptors (Lipinski definition) is 6.